The Bertz CT molecular complexity index is 197. The van der Waals surface area contributed by atoms with Gasteiger partial charge in [0.25, 0.3) is 0 Å². The molecule has 0 aromatic rings. The third-order valence-corrected chi connectivity index (χ3v) is 3.24. The molecule has 0 aromatic heterocycles. The average Bonchev–Trinajstić information content (AvgIpc) is 3.05. The molecule has 0 aliphatic heterocycles. The SMILES string of the molecule is COCCSCC(NC1CC1)C(=O)OC. The van der Waals surface area contributed by atoms with Crippen molar-refractivity contribution >= 4 is 17.7 Å². The Hall–Kier alpha value is -0.260. The van der Waals surface area contributed by atoms with Crippen molar-refractivity contribution in [2.75, 3.05) is 32.3 Å². The molecule has 1 saturated carbocycles. The first kappa shape index (κ1) is 12.8. The molecule has 1 atom stereocenters. The molecule has 88 valence electrons. The Kier molecular flexibility index (Phi) is 6.05. The summed E-state index contributed by atoms with van der Waals surface area (Å²) in [6.45, 7) is 0.724. The van der Waals surface area contributed by atoms with Crippen molar-refractivity contribution in [2.45, 2.75) is 24.9 Å². The third-order valence-electron chi connectivity index (χ3n) is 2.22. The molecule has 4 nitrogen and oxygen atoms in total. The van der Waals surface area contributed by atoms with Gasteiger partial charge in [0, 0.05) is 24.7 Å². The number of carbonyl (C=O) groups excluding carboxylic acids is 1. The van der Waals surface area contributed by atoms with Crippen LogP contribution in [0, 0.1) is 0 Å². The van der Waals surface area contributed by atoms with Crippen molar-refractivity contribution in [3.05, 3.63) is 0 Å². The summed E-state index contributed by atoms with van der Waals surface area (Å²) in [5.74, 6) is 1.51. The average molecular weight is 233 g/mol. The van der Waals surface area contributed by atoms with Gasteiger partial charge in [-0.2, -0.15) is 11.8 Å². The van der Waals surface area contributed by atoms with Crippen LogP contribution in [0.25, 0.3) is 0 Å². The molecule has 0 aromatic carbocycles. The molecule has 1 N–H and O–H groups in total. The molecule has 0 amide bonds. The van der Waals surface area contributed by atoms with Crippen LogP contribution in [0.15, 0.2) is 0 Å². The predicted molar refractivity (Wildman–Crippen MR) is 61.2 cm³/mol. The van der Waals surface area contributed by atoms with E-state index in [4.69, 9.17) is 9.47 Å². The second kappa shape index (κ2) is 7.09. The fourth-order valence-electron chi connectivity index (χ4n) is 1.20. The summed E-state index contributed by atoms with van der Waals surface area (Å²) >= 11 is 1.71. The minimum atomic E-state index is -0.163. The molecular formula is C10H19NO3S. The van der Waals surface area contributed by atoms with Crippen molar-refractivity contribution < 1.29 is 14.3 Å². The lowest BCUT2D eigenvalue weighted by atomic mass is 10.3. The molecule has 1 unspecified atom stereocenters. The summed E-state index contributed by atoms with van der Waals surface area (Å²) in [5.41, 5.74) is 0. The number of methoxy groups -OCH3 is 2. The topological polar surface area (TPSA) is 47.6 Å². The summed E-state index contributed by atoms with van der Waals surface area (Å²) in [4.78, 5) is 11.4. The fraction of sp³-hybridized carbons (Fsp3) is 0.900. The van der Waals surface area contributed by atoms with E-state index in [1.165, 1.54) is 20.0 Å². The molecule has 15 heavy (non-hydrogen) atoms. The molecule has 1 aliphatic rings. The molecule has 5 heteroatoms. The number of carbonyl (C=O) groups is 1. The molecule has 1 aliphatic carbocycles. The van der Waals surface area contributed by atoms with E-state index in [-0.39, 0.29) is 12.0 Å². The smallest absolute Gasteiger partial charge is 0.323 e. The molecule has 1 rings (SSSR count). The first-order chi connectivity index (χ1) is 7.27. The van der Waals surface area contributed by atoms with Crippen molar-refractivity contribution in [1.29, 1.82) is 0 Å². The number of rotatable bonds is 8. The number of hydrogen-bond donors (Lipinski definition) is 1. The molecule has 0 heterocycles. The highest BCUT2D eigenvalue weighted by atomic mass is 32.2. The largest absolute Gasteiger partial charge is 0.468 e. The van der Waals surface area contributed by atoms with Gasteiger partial charge in [0.1, 0.15) is 6.04 Å². The van der Waals surface area contributed by atoms with Gasteiger partial charge in [-0.15, -0.1) is 0 Å². The number of nitrogens with one attached hydrogen (secondary N) is 1. The van der Waals surface area contributed by atoms with Gasteiger partial charge >= 0.3 is 5.97 Å². The Morgan fingerprint density at radius 3 is 2.80 bits per heavy atom. The van der Waals surface area contributed by atoms with Gasteiger partial charge in [0.2, 0.25) is 0 Å². The second-order valence-corrected chi connectivity index (χ2v) is 4.73. The van der Waals surface area contributed by atoms with Crippen LogP contribution in [-0.4, -0.2) is 50.4 Å². The van der Waals surface area contributed by atoms with Crippen molar-refractivity contribution in [3.63, 3.8) is 0 Å². The van der Waals surface area contributed by atoms with Crippen molar-refractivity contribution in [2.24, 2.45) is 0 Å². The summed E-state index contributed by atoms with van der Waals surface area (Å²) in [5, 5.41) is 3.28. The monoisotopic (exact) mass is 233 g/mol. The minimum Gasteiger partial charge on any atom is -0.468 e. The first-order valence-electron chi connectivity index (χ1n) is 5.18. The van der Waals surface area contributed by atoms with Crippen LogP contribution in [0.5, 0.6) is 0 Å². The maximum Gasteiger partial charge on any atom is 0.323 e. The van der Waals surface area contributed by atoms with Gasteiger partial charge in [-0.25, -0.2) is 0 Å². The van der Waals surface area contributed by atoms with E-state index >= 15 is 0 Å². The van der Waals surface area contributed by atoms with E-state index in [0.29, 0.717) is 6.04 Å². The zero-order valence-electron chi connectivity index (χ0n) is 9.32. The Balaban J connectivity index is 2.18. The Labute approximate surface area is 95.1 Å². The number of ether oxygens (including phenoxy) is 2. The lowest BCUT2D eigenvalue weighted by Crippen LogP contribution is -2.41. The molecule has 0 radical (unpaired) electrons. The van der Waals surface area contributed by atoms with Gasteiger partial charge in [-0.05, 0) is 12.8 Å². The number of thioether (sulfide) groups is 1. The molecule has 1 fully saturated rings. The highest BCUT2D eigenvalue weighted by Gasteiger charge is 2.28. The van der Waals surface area contributed by atoms with Crippen LogP contribution in [0.1, 0.15) is 12.8 Å². The van der Waals surface area contributed by atoms with E-state index in [1.54, 1.807) is 18.9 Å². The summed E-state index contributed by atoms with van der Waals surface area (Å²) in [7, 11) is 3.12. The van der Waals surface area contributed by atoms with E-state index in [1.807, 2.05) is 0 Å². The van der Waals surface area contributed by atoms with Gasteiger partial charge in [-0.3, -0.25) is 4.79 Å². The predicted octanol–water partition coefficient (Wildman–Crippen LogP) is 0.660. The van der Waals surface area contributed by atoms with Gasteiger partial charge < -0.3 is 14.8 Å². The highest BCUT2D eigenvalue weighted by Crippen LogP contribution is 2.20. The van der Waals surface area contributed by atoms with Crippen molar-refractivity contribution in [1.82, 2.24) is 5.32 Å². The molecular weight excluding hydrogens is 214 g/mol. The quantitative estimate of drug-likeness (QED) is 0.493. The minimum absolute atomic E-state index is 0.160. The van der Waals surface area contributed by atoms with Crippen LogP contribution in [0.4, 0.5) is 0 Å². The molecule has 0 spiro atoms. The number of esters is 1. The van der Waals surface area contributed by atoms with Gasteiger partial charge in [0.15, 0.2) is 0 Å². The Morgan fingerprint density at radius 2 is 2.27 bits per heavy atom. The van der Waals surface area contributed by atoms with E-state index in [2.05, 4.69) is 5.32 Å². The van der Waals surface area contributed by atoms with Gasteiger partial charge in [-0.1, -0.05) is 0 Å². The maximum absolute atomic E-state index is 11.4. The normalized spacial score (nSPS) is 17.5. The zero-order valence-corrected chi connectivity index (χ0v) is 10.1. The van der Waals surface area contributed by atoms with Crippen LogP contribution in [0.3, 0.4) is 0 Å². The van der Waals surface area contributed by atoms with Gasteiger partial charge in [0.05, 0.1) is 13.7 Å². The van der Waals surface area contributed by atoms with E-state index < -0.39 is 0 Å². The fourth-order valence-corrected chi connectivity index (χ4v) is 2.12. The van der Waals surface area contributed by atoms with E-state index in [0.717, 1.165) is 18.1 Å². The first-order valence-corrected chi connectivity index (χ1v) is 6.34. The van der Waals surface area contributed by atoms with Crippen molar-refractivity contribution in [3.8, 4) is 0 Å². The zero-order chi connectivity index (χ0) is 11.1. The Morgan fingerprint density at radius 1 is 1.53 bits per heavy atom. The highest BCUT2D eigenvalue weighted by molar-refractivity contribution is 7.99. The lowest BCUT2D eigenvalue weighted by molar-refractivity contribution is -0.142. The summed E-state index contributed by atoms with van der Waals surface area (Å²) in [6, 6.07) is 0.362. The van der Waals surface area contributed by atoms with Crippen LogP contribution >= 0.6 is 11.8 Å². The number of hydrogen-bond acceptors (Lipinski definition) is 5. The van der Waals surface area contributed by atoms with Crippen LogP contribution in [-0.2, 0) is 14.3 Å². The summed E-state index contributed by atoms with van der Waals surface area (Å²) in [6.07, 6.45) is 2.35. The standard InChI is InChI=1S/C10H19NO3S/c1-13-5-6-15-7-9(10(12)14-2)11-8-3-4-8/h8-9,11H,3-7H2,1-2H3. The second-order valence-electron chi connectivity index (χ2n) is 3.58. The van der Waals surface area contributed by atoms with Crippen LogP contribution < -0.4 is 5.32 Å². The maximum atomic E-state index is 11.4. The molecule has 0 saturated heterocycles. The third kappa shape index (κ3) is 5.39. The summed E-state index contributed by atoms with van der Waals surface area (Å²) < 4.78 is 9.70. The lowest BCUT2D eigenvalue weighted by Gasteiger charge is -2.15. The van der Waals surface area contributed by atoms with Crippen LogP contribution in [0.2, 0.25) is 0 Å². The molecule has 0 bridgehead atoms. The van der Waals surface area contributed by atoms with E-state index in [9.17, 15) is 4.79 Å².